The zero-order chi connectivity index (χ0) is 21.1. The van der Waals surface area contributed by atoms with Crippen molar-refractivity contribution in [1.82, 2.24) is 19.7 Å². The van der Waals surface area contributed by atoms with Crippen LogP contribution in [0.4, 0.5) is 0 Å². The second kappa shape index (κ2) is 8.63. The lowest BCUT2D eigenvalue weighted by atomic mass is 10.0. The fourth-order valence-corrected chi connectivity index (χ4v) is 4.16. The molecule has 30 heavy (non-hydrogen) atoms. The average Bonchev–Trinajstić information content (AvgIpc) is 3.18. The number of Topliss-reactive ketones (excluding diaryl/α,β-unsaturated/α-hetero) is 1. The Hall–Kier alpha value is -3.25. The Morgan fingerprint density at radius 3 is 2.47 bits per heavy atom. The van der Waals surface area contributed by atoms with Crippen LogP contribution in [-0.4, -0.2) is 31.3 Å². The van der Waals surface area contributed by atoms with Crippen molar-refractivity contribution in [3.8, 4) is 17.1 Å². The van der Waals surface area contributed by atoms with E-state index in [9.17, 15) is 4.79 Å². The Balaban J connectivity index is 1.70. The molecule has 0 fully saturated rings. The molecule has 0 radical (unpaired) electrons. The van der Waals surface area contributed by atoms with Gasteiger partial charge in [-0.2, -0.15) is 0 Å². The highest BCUT2D eigenvalue weighted by molar-refractivity contribution is 7.99. The standard InChI is InChI=1S/C24H22N4OS/c1-16-8-9-17(2)20(14-16)22(29)15-30-24-27-26-23(19-10-12-25-13-11-19)28(24)21-7-5-4-6-18(21)3/h4-14H,15H2,1-3H3. The summed E-state index contributed by atoms with van der Waals surface area (Å²) in [6, 6.07) is 17.9. The van der Waals surface area contributed by atoms with Crippen LogP contribution in [0.15, 0.2) is 72.1 Å². The van der Waals surface area contributed by atoms with Gasteiger partial charge in [0.15, 0.2) is 16.8 Å². The van der Waals surface area contributed by atoms with Crippen molar-refractivity contribution in [3.05, 3.63) is 89.2 Å². The highest BCUT2D eigenvalue weighted by Gasteiger charge is 2.19. The normalized spacial score (nSPS) is 10.9. The molecular formula is C24H22N4OS. The first kappa shape index (κ1) is 20.0. The summed E-state index contributed by atoms with van der Waals surface area (Å²) in [5.41, 5.74) is 5.86. The minimum atomic E-state index is 0.0889. The molecule has 4 rings (SSSR count). The molecule has 0 aliphatic rings. The zero-order valence-corrected chi connectivity index (χ0v) is 18.0. The highest BCUT2D eigenvalue weighted by atomic mass is 32.2. The van der Waals surface area contributed by atoms with Crippen molar-refractivity contribution in [2.24, 2.45) is 0 Å². The molecule has 0 bridgehead atoms. The van der Waals surface area contributed by atoms with Crippen LogP contribution in [0.5, 0.6) is 0 Å². The van der Waals surface area contributed by atoms with Gasteiger partial charge in [0.05, 0.1) is 11.4 Å². The number of carbonyl (C=O) groups is 1. The van der Waals surface area contributed by atoms with Gasteiger partial charge in [-0.15, -0.1) is 10.2 Å². The predicted molar refractivity (Wildman–Crippen MR) is 120 cm³/mol. The van der Waals surface area contributed by atoms with Crippen molar-refractivity contribution in [1.29, 1.82) is 0 Å². The molecule has 0 N–H and O–H groups in total. The van der Waals surface area contributed by atoms with Gasteiger partial charge in [0.25, 0.3) is 0 Å². The number of hydrogen-bond donors (Lipinski definition) is 0. The van der Waals surface area contributed by atoms with Crippen LogP contribution in [-0.2, 0) is 0 Å². The maximum Gasteiger partial charge on any atom is 0.196 e. The van der Waals surface area contributed by atoms with Crippen LogP contribution in [0, 0.1) is 20.8 Å². The minimum absolute atomic E-state index is 0.0889. The van der Waals surface area contributed by atoms with Gasteiger partial charge < -0.3 is 0 Å². The number of para-hydroxylation sites is 1. The SMILES string of the molecule is Cc1ccc(C)c(C(=O)CSc2nnc(-c3ccncc3)n2-c2ccccc2C)c1. The van der Waals surface area contributed by atoms with Crippen molar-refractivity contribution in [3.63, 3.8) is 0 Å². The van der Waals surface area contributed by atoms with Gasteiger partial charge >= 0.3 is 0 Å². The fourth-order valence-electron chi connectivity index (χ4n) is 3.33. The number of aryl methyl sites for hydroxylation is 3. The molecule has 0 spiro atoms. The Kier molecular flexibility index (Phi) is 5.77. The first-order valence-electron chi connectivity index (χ1n) is 9.69. The number of pyridine rings is 1. The van der Waals surface area contributed by atoms with E-state index in [2.05, 4.69) is 28.2 Å². The number of nitrogens with zero attached hydrogens (tertiary/aromatic N) is 4. The van der Waals surface area contributed by atoms with Gasteiger partial charge in [0, 0.05) is 23.5 Å². The summed E-state index contributed by atoms with van der Waals surface area (Å²) in [6.45, 7) is 6.02. The van der Waals surface area contributed by atoms with Crippen molar-refractivity contribution in [2.75, 3.05) is 5.75 Å². The molecule has 0 atom stereocenters. The Labute approximate surface area is 180 Å². The fraction of sp³-hybridized carbons (Fsp3) is 0.167. The first-order chi connectivity index (χ1) is 14.5. The van der Waals surface area contributed by atoms with Gasteiger partial charge in [0.1, 0.15) is 0 Å². The van der Waals surface area contributed by atoms with Crippen molar-refractivity contribution in [2.45, 2.75) is 25.9 Å². The molecule has 4 aromatic rings. The number of ketones is 1. The van der Waals surface area contributed by atoms with Crippen LogP contribution in [0.2, 0.25) is 0 Å². The van der Waals surface area contributed by atoms with E-state index in [0.29, 0.717) is 10.9 Å². The molecule has 0 aliphatic heterocycles. The summed E-state index contributed by atoms with van der Waals surface area (Å²) in [7, 11) is 0. The van der Waals surface area contributed by atoms with E-state index in [1.54, 1.807) is 12.4 Å². The van der Waals surface area contributed by atoms with Gasteiger partial charge in [-0.05, 0) is 56.2 Å². The third kappa shape index (κ3) is 4.04. The molecule has 6 heteroatoms. The van der Waals surface area contributed by atoms with E-state index >= 15 is 0 Å². The summed E-state index contributed by atoms with van der Waals surface area (Å²) in [4.78, 5) is 17.0. The van der Waals surface area contributed by atoms with E-state index in [1.807, 2.05) is 66.9 Å². The maximum atomic E-state index is 12.9. The molecule has 0 amide bonds. The Morgan fingerprint density at radius 2 is 1.70 bits per heavy atom. The molecule has 0 saturated carbocycles. The number of rotatable bonds is 6. The minimum Gasteiger partial charge on any atom is -0.293 e. The lowest BCUT2D eigenvalue weighted by Gasteiger charge is -2.13. The molecule has 0 aliphatic carbocycles. The van der Waals surface area contributed by atoms with Gasteiger partial charge in [0.2, 0.25) is 0 Å². The largest absolute Gasteiger partial charge is 0.293 e. The van der Waals surface area contributed by atoms with Crippen LogP contribution in [0.25, 0.3) is 17.1 Å². The molecule has 2 heterocycles. The number of thioether (sulfide) groups is 1. The van der Waals surface area contributed by atoms with E-state index in [4.69, 9.17) is 0 Å². The summed E-state index contributed by atoms with van der Waals surface area (Å²) < 4.78 is 2.02. The van der Waals surface area contributed by atoms with Gasteiger partial charge in [-0.25, -0.2) is 0 Å². The summed E-state index contributed by atoms with van der Waals surface area (Å²) >= 11 is 1.41. The number of aromatic nitrogens is 4. The third-order valence-corrected chi connectivity index (χ3v) is 5.88. The molecule has 5 nitrogen and oxygen atoms in total. The first-order valence-corrected chi connectivity index (χ1v) is 10.7. The van der Waals surface area contributed by atoms with Crippen LogP contribution >= 0.6 is 11.8 Å². The average molecular weight is 415 g/mol. The van der Waals surface area contributed by atoms with E-state index in [-0.39, 0.29) is 5.78 Å². The Bertz CT molecular complexity index is 1200. The number of hydrogen-bond acceptors (Lipinski definition) is 5. The number of carbonyl (C=O) groups excluding carboxylic acids is 1. The van der Waals surface area contributed by atoms with E-state index in [0.717, 1.165) is 39.3 Å². The smallest absolute Gasteiger partial charge is 0.196 e. The van der Waals surface area contributed by atoms with E-state index < -0.39 is 0 Å². The monoisotopic (exact) mass is 414 g/mol. The van der Waals surface area contributed by atoms with Gasteiger partial charge in [-0.3, -0.25) is 14.3 Å². The van der Waals surface area contributed by atoms with Crippen LogP contribution < -0.4 is 0 Å². The lowest BCUT2D eigenvalue weighted by Crippen LogP contribution is -2.07. The molecule has 2 aromatic carbocycles. The predicted octanol–water partition coefficient (Wildman–Crippen LogP) is 5.23. The third-order valence-electron chi connectivity index (χ3n) is 4.95. The lowest BCUT2D eigenvalue weighted by molar-refractivity contribution is 0.102. The number of benzene rings is 2. The van der Waals surface area contributed by atoms with E-state index in [1.165, 1.54) is 11.8 Å². The molecule has 150 valence electrons. The van der Waals surface area contributed by atoms with Crippen molar-refractivity contribution < 1.29 is 4.79 Å². The topological polar surface area (TPSA) is 60.7 Å². The van der Waals surface area contributed by atoms with Gasteiger partial charge in [-0.1, -0.05) is 47.7 Å². The summed E-state index contributed by atoms with van der Waals surface area (Å²) in [5.74, 6) is 1.12. The van der Waals surface area contributed by atoms with Crippen LogP contribution in [0.1, 0.15) is 27.0 Å². The molecule has 2 aromatic heterocycles. The molecular weight excluding hydrogens is 392 g/mol. The molecule has 0 unspecified atom stereocenters. The van der Waals surface area contributed by atoms with Crippen molar-refractivity contribution >= 4 is 17.5 Å². The second-order valence-electron chi connectivity index (χ2n) is 7.19. The Morgan fingerprint density at radius 1 is 0.933 bits per heavy atom. The second-order valence-corrected chi connectivity index (χ2v) is 8.14. The molecule has 0 saturated heterocycles. The summed E-state index contributed by atoms with van der Waals surface area (Å²) in [6.07, 6.45) is 3.48. The quantitative estimate of drug-likeness (QED) is 0.319. The van der Waals surface area contributed by atoms with Crippen LogP contribution in [0.3, 0.4) is 0 Å². The zero-order valence-electron chi connectivity index (χ0n) is 17.2. The highest BCUT2D eigenvalue weighted by Crippen LogP contribution is 2.29. The summed E-state index contributed by atoms with van der Waals surface area (Å²) in [5, 5.41) is 9.55. The maximum absolute atomic E-state index is 12.9.